The number of alkyl carbamates (subject to hydrolysis) is 1. The predicted octanol–water partition coefficient (Wildman–Crippen LogP) is 4.65. The molecule has 2 fully saturated rings. The smallest absolute Gasteiger partial charge is 0.409 e. The highest BCUT2D eigenvalue weighted by molar-refractivity contribution is 7.11. The lowest BCUT2D eigenvalue weighted by Gasteiger charge is -2.32. The van der Waals surface area contributed by atoms with Crippen LogP contribution in [0.4, 0.5) is 18.0 Å². The number of hydrogen-bond acceptors (Lipinski definition) is 8. The zero-order valence-corrected chi connectivity index (χ0v) is 20.4. The van der Waals surface area contributed by atoms with Gasteiger partial charge in [-0.3, -0.25) is 9.98 Å². The van der Waals surface area contributed by atoms with Gasteiger partial charge in [-0.1, -0.05) is 17.7 Å². The Bertz CT molecular complexity index is 1470. The molecular weight excluding hydrogens is 531 g/mol. The average molecular weight is 548 g/mol. The minimum atomic E-state index is -2.85. The van der Waals surface area contributed by atoms with Crippen molar-refractivity contribution in [3.05, 3.63) is 74.8 Å². The number of rotatable bonds is 5. The molecule has 2 aromatic heterocycles. The van der Waals surface area contributed by atoms with Crippen molar-refractivity contribution in [2.75, 3.05) is 6.54 Å². The molecule has 5 heterocycles. The topological polar surface area (TPSA) is 97.0 Å². The van der Waals surface area contributed by atoms with Crippen molar-refractivity contribution in [1.82, 2.24) is 25.0 Å². The lowest BCUT2D eigenvalue weighted by Crippen LogP contribution is -2.50. The molecule has 0 bridgehead atoms. The van der Waals surface area contributed by atoms with Crippen LogP contribution in [-0.4, -0.2) is 56.6 Å². The van der Waals surface area contributed by atoms with Crippen molar-refractivity contribution in [1.29, 1.82) is 0 Å². The molecule has 0 radical (unpaired) electrons. The number of ether oxygens (including phenoxy) is 1. The van der Waals surface area contributed by atoms with Gasteiger partial charge in [-0.25, -0.2) is 18.9 Å². The van der Waals surface area contributed by atoms with Gasteiger partial charge in [0.1, 0.15) is 17.4 Å². The third kappa shape index (κ3) is 3.80. The Morgan fingerprint density at radius 3 is 2.86 bits per heavy atom. The number of halogens is 4. The Morgan fingerprint density at radius 1 is 1.35 bits per heavy atom. The van der Waals surface area contributed by atoms with Crippen LogP contribution in [0.5, 0.6) is 0 Å². The minimum Gasteiger partial charge on any atom is -0.421 e. The Hall–Kier alpha value is -3.71. The Labute approximate surface area is 216 Å². The molecule has 3 atom stereocenters. The molecule has 9 nitrogen and oxygen atoms in total. The molecule has 3 aromatic rings. The van der Waals surface area contributed by atoms with E-state index < -0.39 is 36.3 Å². The number of carbonyl (C=O) groups excluding carboxylic acids is 1. The van der Waals surface area contributed by atoms with Crippen LogP contribution in [0.3, 0.4) is 0 Å². The fourth-order valence-electron chi connectivity index (χ4n) is 4.99. The SMILES string of the molecule is C=NC1OC(=O)N[C@]12CC1=C(c3ccn(C(F)F)n3)[C@H](c3ccc(F)cc3Cl)N=C(c3nccs3)N1C2. The molecule has 14 heteroatoms. The standard InChI is InChI=1S/C23H17ClF3N7O2S/c1-28-20-23(31-22(35)36-20)9-15-16(14-4-6-34(32-14)21(26)27)17(12-3-2-11(25)8-13(12)24)30-18(33(15)10-23)19-29-5-7-37-19/h2-8,17,20-21H,1,9-10H2,(H,31,35)/t17-,20?,23-/m0/s1. The first-order valence-corrected chi connectivity index (χ1v) is 12.3. The summed E-state index contributed by atoms with van der Waals surface area (Å²) >= 11 is 7.82. The van der Waals surface area contributed by atoms with Gasteiger partial charge in [-0.15, -0.1) is 11.3 Å². The third-order valence-electron chi connectivity index (χ3n) is 6.51. The lowest BCUT2D eigenvalue weighted by molar-refractivity contribution is 0.0564. The summed E-state index contributed by atoms with van der Waals surface area (Å²) in [6.45, 7) is 0.924. The number of fused-ring (bicyclic) bond motifs is 1. The van der Waals surface area contributed by atoms with Crippen LogP contribution in [0.2, 0.25) is 5.02 Å². The highest BCUT2D eigenvalue weighted by Crippen LogP contribution is 2.49. The van der Waals surface area contributed by atoms with Crippen molar-refractivity contribution in [2.24, 2.45) is 9.98 Å². The number of aromatic nitrogens is 3. The number of cyclic esters (lactones) is 1. The molecule has 3 aliphatic rings. The van der Waals surface area contributed by atoms with Crippen LogP contribution in [0.15, 0.2) is 57.7 Å². The van der Waals surface area contributed by atoms with Gasteiger partial charge in [-0.05, 0) is 24.9 Å². The molecule has 1 N–H and O–H groups in total. The van der Waals surface area contributed by atoms with Gasteiger partial charge in [0, 0.05) is 46.1 Å². The number of aliphatic imine (C=N–C) groups is 2. The molecule has 1 spiro atoms. The Kier molecular flexibility index (Phi) is 5.57. The molecule has 2 saturated heterocycles. The summed E-state index contributed by atoms with van der Waals surface area (Å²) in [5, 5.41) is 9.45. The van der Waals surface area contributed by atoms with E-state index in [2.05, 4.69) is 27.1 Å². The Balaban J connectivity index is 1.60. The number of benzene rings is 1. The minimum absolute atomic E-state index is 0.114. The van der Waals surface area contributed by atoms with E-state index in [4.69, 9.17) is 21.3 Å². The summed E-state index contributed by atoms with van der Waals surface area (Å²) in [6, 6.07) is 4.55. The summed E-state index contributed by atoms with van der Waals surface area (Å²) < 4.78 is 46.8. The number of amidine groups is 1. The fraction of sp³-hybridized carbons (Fsp3) is 0.261. The van der Waals surface area contributed by atoms with E-state index in [1.54, 1.807) is 11.6 Å². The van der Waals surface area contributed by atoms with Crippen molar-refractivity contribution in [3.63, 3.8) is 0 Å². The van der Waals surface area contributed by atoms with E-state index >= 15 is 0 Å². The van der Waals surface area contributed by atoms with Gasteiger partial charge >= 0.3 is 12.6 Å². The molecule has 190 valence electrons. The van der Waals surface area contributed by atoms with Crippen molar-refractivity contribution < 1.29 is 22.7 Å². The molecule has 3 aliphatic heterocycles. The van der Waals surface area contributed by atoms with Crippen LogP contribution in [0.25, 0.3) is 5.57 Å². The summed E-state index contributed by atoms with van der Waals surface area (Å²) in [4.78, 5) is 27.5. The van der Waals surface area contributed by atoms with E-state index in [1.807, 2.05) is 4.90 Å². The normalized spacial score (nSPS) is 24.9. The highest BCUT2D eigenvalue weighted by Gasteiger charge is 2.57. The van der Waals surface area contributed by atoms with E-state index in [0.717, 1.165) is 0 Å². The molecule has 1 aromatic carbocycles. The number of carbonyl (C=O) groups is 1. The summed E-state index contributed by atoms with van der Waals surface area (Å²) in [7, 11) is 0. The molecular formula is C23H17ClF3N7O2S. The maximum absolute atomic E-state index is 13.9. The fourth-order valence-corrected chi connectivity index (χ4v) is 5.90. The number of nitrogens with one attached hydrogen (secondary N) is 1. The first-order valence-electron chi connectivity index (χ1n) is 11.0. The maximum atomic E-state index is 13.9. The number of thiazole rings is 1. The second-order valence-electron chi connectivity index (χ2n) is 8.66. The van der Waals surface area contributed by atoms with Crippen LogP contribution in [0, 0.1) is 5.82 Å². The monoisotopic (exact) mass is 547 g/mol. The third-order valence-corrected chi connectivity index (χ3v) is 7.61. The van der Waals surface area contributed by atoms with Crippen LogP contribution in [-0.2, 0) is 4.74 Å². The number of hydrogen-bond donors (Lipinski definition) is 1. The Morgan fingerprint density at radius 2 is 2.19 bits per heavy atom. The lowest BCUT2D eigenvalue weighted by atomic mass is 9.89. The summed E-state index contributed by atoms with van der Waals surface area (Å²) in [6.07, 6.45) is 1.46. The van der Waals surface area contributed by atoms with Gasteiger partial charge in [-0.2, -0.15) is 13.9 Å². The van der Waals surface area contributed by atoms with E-state index in [9.17, 15) is 18.0 Å². The van der Waals surface area contributed by atoms with Gasteiger partial charge < -0.3 is 15.0 Å². The van der Waals surface area contributed by atoms with E-state index in [0.29, 0.717) is 32.4 Å². The molecule has 6 rings (SSSR count). The molecule has 1 unspecified atom stereocenters. The van der Waals surface area contributed by atoms with Crippen LogP contribution in [0.1, 0.15) is 35.3 Å². The quantitative estimate of drug-likeness (QED) is 0.469. The average Bonchev–Trinajstić information content (AvgIpc) is 3.65. The second-order valence-corrected chi connectivity index (χ2v) is 9.96. The van der Waals surface area contributed by atoms with E-state index in [-0.39, 0.29) is 23.7 Å². The van der Waals surface area contributed by atoms with Gasteiger partial charge in [0.15, 0.2) is 10.8 Å². The van der Waals surface area contributed by atoms with Gasteiger partial charge in [0.25, 0.3) is 0 Å². The highest BCUT2D eigenvalue weighted by atomic mass is 35.5. The molecule has 1 amide bonds. The number of amides is 1. The van der Waals surface area contributed by atoms with Crippen molar-refractivity contribution in [2.45, 2.75) is 30.8 Å². The maximum Gasteiger partial charge on any atom is 0.409 e. The second kappa shape index (κ2) is 8.70. The first-order chi connectivity index (χ1) is 17.8. The van der Waals surface area contributed by atoms with Crippen molar-refractivity contribution >= 4 is 47.2 Å². The largest absolute Gasteiger partial charge is 0.421 e. The molecule has 0 saturated carbocycles. The zero-order valence-electron chi connectivity index (χ0n) is 18.8. The van der Waals surface area contributed by atoms with Crippen molar-refractivity contribution in [3.8, 4) is 0 Å². The number of nitrogens with zero attached hydrogens (tertiary/aromatic N) is 6. The predicted molar refractivity (Wildman–Crippen MR) is 130 cm³/mol. The molecule has 0 aliphatic carbocycles. The number of alkyl halides is 2. The molecule has 37 heavy (non-hydrogen) atoms. The first kappa shape index (κ1) is 23.7. The summed E-state index contributed by atoms with van der Waals surface area (Å²) in [5.41, 5.74) is 0.818. The van der Waals surface area contributed by atoms with Crippen LogP contribution >= 0.6 is 22.9 Å². The summed E-state index contributed by atoms with van der Waals surface area (Å²) in [5.74, 6) is -0.0506. The van der Waals surface area contributed by atoms with Gasteiger partial charge in [0.05, 0.1) is 12.2 Å². The van der Waals surface area contributed by atoms with Gasteiger partial charge in [0.2, 0.25) is 6.23 Å². The van der Waals surface area contributed by atoms with Crippen LogP contribution < -0.4 is 5.32 Å². The zero-order chi connectivity index (χ0) is 25.9. The van der Waals surface area contributed by atoms with E-state index in [1.165, 1.54) is 41.8 Å².